The van der Waals surface area contributed by atoms with Crippen LogP contribution in [0, 0.1) is 0 Å². The van der Waals surface area contributed by atoms with Crippen LogP contribution in [0.3, 0.4) is 0 Å². The van der Waals surface area contributed by atoms with Gasteiger partial charge in [-0.15, -0.1) is 0 Å². The number of furan rings is 1. The highest BCUT2D eigenvalue weighted by atomic mass is 16.3. The summed E-state index contributed by atoms with van der Waals surface area (Å²) in [6, 6.07) is 3.64. The summed E-state index contributed by atoms with van der Waals surface area (Å²) in [4.78, 5) is 0. The number of aliphatic hydroxyl groups excluding tert-OH is 1. The minimum atomic E-state index is -0.913. The van der Waals surface area contributed by atoms with E-state index in [4.69, 9.17) is 4.42 Å². The molecule has 3 heteroatoms. The third-order valence-corrected chi connectivity index (χ3v) is 3.56. The molecule has 1 aromatic heterocycles. The van der Waals surface area contributed by atoms with Crippen LogP contribution in [0.1, 0.15) is 44.3 Å². The van der Waals surface area contributed by atoms with Gasteiger partial charge >= 0.3 is 0 Å². The first kappa shape index (κ1) is 11.7. The summed E-state index contributed by atoms with van der Waals surface area (Å²) in [6.07, 6.45) is 7.03. The fourth-order valence-electron chi connectivity index (χ4n) is 2.48. The van der Waals surface area contributed by atoms with Crippen LogP contribution in [0.5, 0.6) is 0 Å². The van der Waals surface area contributed by atoms with Crippen molar-refractivity contribution in [2.24, 2.45) is 0 Å². The molecule has 90 valence electrons. The highest BCUT2D eigenvalue weighted by Crippen LogP contribution is 2.31. The van der Waals surface area contributed by atoms with Crippen molar-refractivity contribution in [3.05, 3.63) is 24.2 Å². The SMILES string of the molecule is OC(Cc1ccco1)C1(O)CCCCCC1. The van der Waals surface area contributed by atoms with Gasteiger partial charge in [0, 0.05) is 6.42 Å². The maximum Gasteiger partial charge on any atom is 0.106 e. The van der Waals surface area contributed by atoms with Crippen LogP contribution in [0.15, 0.2) is 22.8 Å². The second-order valence-electron chi connectivity index (χ2n) is 4.82. The van der Waals surface area contributed by atoms with Gasteiger partial charge < -0.3 is 14.6 Å². The van der Waals surface area contributed by atoms with Crippen molar-refractivity contribution in [2.45, 2.75) is 56.7 Å². The first-order valence-corrected chi connectivity index (χ1v) is 6.13. The van der Waals surface area contributed by atoms with E-state index >= 15 is 0 Å². The Balaban J connectivity index is 1.98. The standard InChI is InChI=1S/C13H20O3/c14-12(10-11-6-5-9-16-11)13(15)7-3-1-2-4-8-13/h5-6,9,12,14-15H,1-4,7-8,10H2. The predicted octanol–water partition coefficient (Wildman–Crippen LogP) is 2.27. The van der Waals surface area contributed by atoms with Crippen LogP contribution in [-0.2, 0) is 6.42 Å². The third kappa shape index (κ3) is 2.66. The summed E-state index contributed by atoms with van der Waals surface area (Å²) in [6.45, 7) is 0. The highest BCUT2D eigenvalue weighted by Gasteiger charge is 2.36. The Morgan fingerprint density at radius 3 is 2.50 bits per heavy atom. The first-order chi connectivity index (χ1) is 7.71. The molecule has 0 saturated heterocycles. The largest absolute Gasteiger partial charge is 0.469 e. The summed E-state index contributed by atoms with van der Waals surface area (Å²) in [5, 5.41) is 20.5. The van der Waals surface area contributed by atoms with E-state index in [9.17, 15) is 10.2 Å². The van der Waals surface area contributed by atoms with Crippen molar-refractivity contribution in [2.75, 3.05) is 0 Å². The summed E-state index contributed by atoms with van der Waals surface area (Å²) < 4.78 is 5.20. The molecule has 2 rings (SSSR count). The lowest BCUT2D eigenvalue weighted by Crippen LogP contribution is -2.43. The van der Waals surface area contributed by atoms with Gasteiger partial charge in [-0.25, -0.2) is 0 Å². The van der Waals surface area contributed by atoms with Gasteiger partial charge in [0.15, 0.2) is 0 Å². The minimum absolute atomic E-state index is 0.406. The number of hydrogen-bond acceptors (Lipinski definition) is 3. The Labute approximate surface area is 96.1 Å². The van der Waals surface area contributed by atoms with Gasteiger partial charge in [-0.1, -0.05) is 25.7 Å². The summed E-state index contributed by atoms with van der Waals surface area (Å²) in [7, 11) is 0. The van der Waals surface area contributed by atoms with E-state index in [-0.39, 0.29) is 0 Å². The smallest absolute Gasteiger partial charge is 0.106 e. The van der Waals surface area contributed by atoms with Gasteiger partial charge in [0.05, 0.1) is 18.0 Å². The Kier molecular flexibility index (Phi) is 3.66. The van der Waals surface area contributed by atoms with Gasteiger partial charge in [0.1, 0.15) is 5.76 Å². The fourth-order valence-corrected chi connectivity index (χ4v) is 2.48. The topological polar surface area (TPSA) is 53.6 Å². The molecule has 0 aliphatic heterocycles. The van der Waals surface area contributed by atoms with Crippen molar-refractivity contribution >= 4 is 0 Å². The molecule has 0 amide bonds. The molecule has 1 saturated carbocycles. The molecule has 1 fully saturated rings. The van der Waals surface area contributed by atoms with E-state index in [0.29, 0.717) is 19.3 Å². The van der Waals surface area contributed by atoms with Crippen molar-refractivity contribution < 1.29 is 14.6 Å². The highest BCUT2D eigenvalue weighted by molar-refractivity contribution is 5.02. The molecule has 2 N–H and O–H groups in total. The number of aliphatic hydroxyl groups is 2. The van der Waals surface area contributed by atoms with Crippen molar-refractivity contribution in [3.63, 3.8) is 0 Å². The molecule has 1 heterocycles. The van der Waals surface area contributed by atoms with Gasteiger partial charge in [-0.3, -0.25) is 0 Å². The average Bonchev–Trinajstić information content (AvgIpc) is 2.66. The van der Waals surface area contributed by atoms with Crippen molar-refractivity contribution in [3.8, 4) is 0 Å². The van der Waals surface area contributed by atoms with E-state index in [0.717, 1.165) is 31.4 Å². The van der Waals surface area contributed by atoms with Gasteiger partial charge in [-0.2, -0.15) is 0 Å². The van der Waals surface area contributed by atoms with Crippen LogP contribution >= 0.6 is 0 Å². The van der Waals surface area contributed by atoms with E-state index in [1.54, 1.807) is 12.3 Å². The van der Waals surface area contributed by atoms with Crippen LogP contribution in [0.2, 0.25) is 0 Å². The van der Waals surface area contributed by atoms with Crippen LogP contribution in [0.4, 0.5) is 0 Å². The Bertz CT molecular complexity index is 297. The quantitative estimate of drug-likeness (QED) is 0.774. The molecule has 1 unspecified atom stereocenters. The summed E-state index contributed by atoms with van der Waals surface area (Å²) in [5.41, 5.74) is -0.913. The Morgan fingerprint density at radius 1 is 1.25 bits per heavy atom. The second kappa shape index (κ2) is 5.02. The zero-order valence-electron chi connectivity index (χ0n) is 9.56. The van der Waals surface area contributed by atoms with Crippen LogP contribution in [0.25, 0.3) is 0 Å². The maximum atomic E-state index is 10.4. The van der Waals surface area contributed by atoms with E-state index < -0.39 is 11.7 Å². The van der Waals surface area contributed by atoms with Crippen molar-refractivity contribution in [1.29, 1.82) is 0 Å². The normalized spacial score (nSPS) is 22.6. The Hall–Kier alpha value is -0.800. The molecule has 1 aromatic rings. The molecule has 0 bridgehead atoms. The molecule has 1 aliphatic rings. The molecule has 0 radical (unpaired) electrons. The fraction of sp³-hybridized carbons (Fsp3) is 0.692. The molecule has 3 nitrogen and oxygen atoms in total. The second-order valence-corrected chi connectivity index (χ2v) is 4.82. The van der Waals surface area contributed by atoms with Crippen LogP contribution in [-0.4, -0.2) is 21.9 Å². The van der Waals surface area contributed by atoms with E-state index in [1.807, 2.05) is 6.07 Å². The molecule has 0 aromatic carbocycles. The van der Waals surface area contributed by atoms with Crippen molar-refractivity contribution in [1.82, 2.24) is 0 Å². The van der Waals surface area contributed by atoms with Gasteiger partial charge in [0.2, 0.25) is 0 Å². The van der Waals surface area contributed by atoms with Crippen LogP contribution < -0.4 is 0 Å². The lowest BCUT2D eigenvalue weighted by Gasteiger charge is -2.31. The monoisotopic (exact) mass is 224 g/mol. The Morgan fingerprint density at radius 2 is 1.94 bits per heavy atom. The summed E-state index contributed by atoms with van der Waals surface area (Å²) >= 11 is 0. The molecule has 1 atom stereocenters. The zero-order valence-corrected chi connectivity index (χ0v) is 9.56. The number of rotatable bonds is 3. The predicted molar refractivity (Wildman–Crippen MR) is 61.1 cm³/mol. The lowest BCUT2D eigenvalue weighted by atomic mass is 9.86. The minimum Gasteiger partial charge on any atom is -0.469 e. The third-order valence-electron chi connectivity index (χ3n) is 3.56. The molecule has 0 spiro atoms. The zero-order chi connectivity index (χ0) is 11.4. The molecule has 1 aliphatic carbocycles. The van der Waals surface area contributed by atoms with Gasteiger partial charge in [0.25, 0.3) is 0 Å². The lowest BCUT2D eigenvalue weighted by molar-refractivity contribution is -0.0852. The average molecular weight is 224 g/mol. The van der Waals surface area contributed by atoms with Gasteiger partial charge in [-0.05, 0) is 25.0 Å². The molecule has 16 heavy (non-hydrogen) atoms. The molecular weight excluding hydrogens is 204 g/mol. The molecular formula is C13H20O3. The first-order valence-electron chi connectivity index (χ1n) is 6.13. The number of hydrogen-bond donors (Lipinski definition) is 2. The van der Waals surface area contributed by atoms with E-state index in [1.165, 1.54) is 0 Å². The maximum absolute atomic E-state index is 10.4. The van der Waals surface area contributed by atoms with E-state index in [2.05, 4.69) is 0 Å². The summed E-state index contributed by atoms with van der Waals surface area (Å²) in [5.74, 6) is 0.741.